The van der Waals surface area contributed by atoms with Gasteiger partial charge in [0.2, 0.25) is 0 Å². The quantitative estimate of drug-likeness (QED) is 0.502. The largest absolute Gasteiger partial charge is 0.401 e. The van der Waals surface area contributed by atoms with Crippen molar-refractivity contribution in [3.63, 3.8) is 0 Å². The van der Waals surface area contributed by atoms with Crippen LogP contribution in [-0.4, -0.2) is 17.0 Å². The zero-order valence-corrected chi connectivity index (χ0v) is 12.6. The van der Waals surface area contributed by atoms with Crippen LogP contribution in [0.15, 0.2) is 41.0 Å². The molecule has 21 heavy (non-hydrogen) atoms. The van der Waals surface area contributed by atoms with Gasteiger partial charge in [0.15, 0.2) is 0 Å². The minimum absolute atomic E-state index is 0.0814. The SMILES string of the molecule is CC(C)(C)/C(N)=C/C(=Nc1cccc(CO)c1)NC(N)=O. The molecule has 0 radical (unpaired) electrons. The average molecular weight is 290 g/mol. The van der Waals surface area contributed by atoms with E-state index in [1.165, 1.54) is 0 Å². The number of amides is 2. The smallest absolute Gasteiger partial charge is 0.317 e. The number of nitrogens with two attached hydrogens (primary N) is 2. The summed E-state index contributed by atoms with van der Waals surface area (Å²) in [5, 5.41) is 11.6. The molecule has 0 aliphatic carbocycles. The second-order valence-electron chi connectivity index (χ2n) is 5.66. The zero-order valence-electron chi connectivity index (χ0n) is 12.6. The molecule has 0 atom stereocenters. The number of carbonyl (C=O) groups excluding carboxylic acids is 1. The fraction of sp³-hybridized carbons (Fsp3) is 0.333. The molecule has 114 valence electrons. The summed E-state index contributed by atoms with van der Waals surface area (Å²) in [6, 6.07) is 6.29. The highest BCUT2D eigenvalue weighted by Crippen LogP contribution is 2.21. The Morgan fingerprint density at radius 2 is 2.05 bits per heavy atom. The third-order valence-electron chi connectivity index (χ3n) is 2.75. The van der Waals surface area contributed by atoms with Gasteiger partial charge >= 0.3 is 6.03 Å². The van der Waals surface area contributed by atoms with Crippen molar-refractivity contribution < 1.29 is 9.90 Å². The van der Waals surface area contributed by atoms with E-state index in [0.717, 1.165) is 5.56 Å². The van der Waals surface area contributed by atoms with Crippen LogP contribution in [0.3, 0.4) is 0 Å². The number of nitrogens with zero attached hydrogens (tertiary/aromatic N) is 1. The third-order valence-corrected chi connectivity index (χ3v) is 2.75. The summed E-state index contributed by atoms with van der Waals surface area (Å²) in [6.45, 7) is 5.77. The lowest BCUT2D eigenvalue weighted by Gasteiger charge is -2.19. The number of hydrogen-bond donors (Lipinski definition) is 4. The Morgan fingerprint density at radius 3 is 2.57 bits per heavy atom. The van der Waals surface area contributed by atoms with Crippen molar-refractivity contribution >= 4 is 17.6 Å². The van der Waals surface area contributed by atoms with Gasteiger partial charge in [-0.05, 0) is 17.7 Å². The van der Waals surface area contributed by atoms with Crippen LogP contribution in [0.25, 0.3) is 0 Å². The third kappa shape index (κ3) is 5.66. The number of urea groups is 1. The zero-order chi connectivity index (χ0) is 16.0. The molecule has 6 heteroatoms. The lowest BCUT2D eigenvalue weighted by atomic mass is 9.92. The number of aliphatic imine (C=N–C) groups is 1. The van der Waals surface area contributed by atoms with E-state index in [9.17, 15) is 4.79 Å². The highest BCUT2D eigenvalue weighted by Gasteiger charge is 2.14. The molecule has 1 rings (SSSR count). The Balaban J connectivity index is 3.18. The summed E-state index contributed by atoms with van der Waals surface area (Å²) in [7, 11) is 0. The molecule has 1 aromatic rings. The Bertz CT molecular complexity index is 571. The minimum Gasteiger partial charge on any atom is -0.401 e. The maximum atomic E-state index is 11.1. The number of amidine groups is 1. The first kappa shape index (κ1) is 16.7. The molecule has 0 saturated carbocycles. The summed E-state index contributed by atoms with van der Waals surface area (Å²) in [4.78, 5) is 15.4. The summed E-state index contributed by atoms with van der Waals surface area (Å²) < 4.78 is 0. The van der Waals surface area contributed by atoms with E-state index in [1.807, 2.05) is 20.8 Å². The highest BCUT2D eigenvalue weighted by molar-refractivity contribution is 6.04. The number of allylic oxidation sites excluding steroid dienone is 1. The lowest BCUT2D eigenvalue weighted by Crippen LogP contribution is -2.35. The van der Waals surface area contributed by atoms with Crippen LogP contribution in [0.2, 0.25) is 0 Å². The molecule has 0 aromatic heterocycles. The number of aliphatic hydroxyl groups is 1. The van der Waals surface area contributed by atoms with Crippen molar-refractivity contribution in [1.82, 2.24) is 5.32 Å². The molecule has 0 spiro atoms. The molecule has 6 N–H and O–H groups in total. The molecular weight excluding hydrogens is 268 g/mol. The number of hydrogen-bond acceptors (Lipinski definition) is 4. The molecule has 1 aromatic carbocycles. The van der Waals surface area contributed by atoms with Crippen molar-refractivity contribution in [1.29, 1.82) is 0 Å². The van der Waals surface area contributed by atoms with Gasteiger partial charge in [-0.25, -0.2) is 9.79 Å². The van der Waals surface area contributed by atoms with Gasteiger partial charge in [-0.2, -0.15) is 0 Å². The molecule has 6 nitrogen and oxygen atoms in total. The Hall–Kier alpha value is -2.34. The van der Waals surface area contributed by atoms with Gasteiger partial charge in [0.25, 0.3) is 0 Å². The molecule has 0 bridgehead atoms. The van der Waals surface area contributed by atoms with E-state index in [2.05, 4.69) is 10.3 Å². The average Bonchev–Trinajstić information content (AvgIpc) is 2.37. The highest BCUT2D eigenvalue weighted by atomic mass is 16.3. The maximum absolute atomic E-state index is 11.1. The van der Waals surface area contributed by atoms with Gasteiger partial charge in [-0.1, -0.05) is 32.9 Å². The van der Waals surface area contributed by atoms with Crippen LogP contribution in [-0.2, 0) is 6.61 Å². The monoisotopic (exact) mass is 290 g/mol. The normalized spacial score (nSPS) is 13.1. The van der Waals surface area contributed by atoms with E-state index in [4.69, 9.17) is 16.6 Å². The molecule has 0 fully saturated rings. The number of aliphatic hydroxyl groups excluding tert-OH is 1. The maximum Gasteiger partial charge on any atom is 0.317 e. The molecule has 0 aliphatic heterocycles. The first-order valence-corrected chi connectivity index (χ1v) is 6.55. The molecule has 0 aliphatic rings. The van der Waals surface area contributed by atoms with Crippen molar-refractivity contribution in [2.75, 3.05) is 0 Å². The second kappa shape index (κ2) is 6.90. The Labute approximate surface area is 124 Å². The van der Waals surface area contributed by atoms with Gasteiger partial charge in [0.1, 0.15) is 5.84 Å². The van der Waals surface area contributed by atoms with Crippen LogP contribution in [0.5, 0.6) is 0 Å². The van der Waals surface area contributed by atoms with E-state index in [1.54, 1.807) is 30.3 Å². The molecule has 2 amide bonds. The van der Waals surface area contributed by atoms with Crippen LogP contribution in [0, 0.1) is 5.41 Å². The Morgan fingerprint density at radius 1 is 1.38 bits per heavy atom. The topological polar surface area (TPSA) is 114 Å². The van der Waals surface area contributed by atoms with E-state index in [-0.39, 0.29) is 17.9 Å². The van der Waals surface area contributed by atoms with Gasteiger partial charge in [-0.15, -0.1) is 0 Å². The van der Waals surface area contributed by atoms with Crippen molar-refractivity contribution in [3.8, 4) is 0 Å². The number of carbonyl (C=O) groups is 1. The Kier molecular flexibility index (Phi) is 5.49. The fourth-order valence-corrected chi connectivity index (χ4v) is 1.45. The van der Waals surface area contributed by atoms with E-state index >= 15 is 0 Å². The first-order valence-electron chi connectivity index (χ1n) is 6.55. The summed E-state index contributed by atoms with van der Waals surface area (Å²) in [6.07, 6.45) is 1.58. The molecule has 0 saturated heterocycles. The minimum atomic E-state index is -0.718. The van der Waals surface area contributed by atoms with Gasteiger partial charge < -0.3 is 16.6 Å². The predicted octanol–water partition coefficient (Wildman–Crippen LogP) is 1.77. The van der Waals surface area contributed by atoms with E-state index < -0.39 is 6.03 Å². The van der Waals surface area contributed by atoms with Crippen LogP contribution < -0.4 is 16.8 Å². The number of nitrogens with one attached hydrogen (secondary N) is 1. The van der Waals surface area contributed by atoms with Crippen molar-refractivity contribution in [2.24, 2.45) is 21.9 Å². The summed E-state index contributed by atoms with van der Waals surface area (Å²) >= 11 is 0. The second-order valence-corrected chi connectivity index (χ2v) is 5.66. The molecular formula is C15H22N4O2. The number of benzene rings is 1. The van der Waals surface area contributed by atoms with Gasteiger partial charge in [0, 0.05) is 17.2 Å². The number of primary amides is 1. The predicted molar refractivity (Wildman–Crippen MR) is 83.9 cm³/mol. The van der Waals surface area contributed by atoms with Gasteiger partial charge in [-0.3, -0.25) is 5.32 Å². The fourth-order valence-electron chi connectivity index (χ4n) is 1.45. The summed E-state index contributed by atoms with van der Waals surface area (Å²) in [5.74, 6) is 0.255. The van der Waals surface area contributed by atoms with Gasteiger partial charge in [0.05, 0.1) is 12.3 Å². The van der Waals surface area contributed by atoms with Crippen LogP contribution in [0.4, 0.5) is 10.5 Å². The number of rotatable bonds is 3. The molecule has 0 heterocycles. The summed E-state index contributed by atoms with van der Waals surface area (Å²) in [5.41, 5.74) is 12.7. The first-order chi connectivity index (χ1) is 9.72. The van der Waals surface area contributed by atoms with Crippen LogP contribution in [0.1, 0.15) is 26.3 Å². The van der Waals surface area contributed by atoms with Crippen molar-refractivity contribution in [3.05, 3.63) is 41.6 Å². The van der Waals surface area contributed by atoms with Crippen molar-refractivity contribution in [2.45, 2.75) is 27.4 Å². The van der Waals surface area contributed by atoms with E-state index in [0.29, 0.717) is 11.4 Å². The molecule has 0 unspecified atom stereocenters. The standard InChI is InChI=1S/C15H22N4O2/c1-15(2,3)12(16)8-13(19-14(17)21)18-11-6-4-5-10(7-11)9-20/h4-8,20H,9,16H2,1-3H3,(H3,17,18,19,21)/b12-8-. The van der Waals surface area contributed by atoms with Crippen LogP contribution >= 0.6 is 0 Å². The lowest BCUT2D eigenvalue weighted by molar-refractivity contribution is 0.253.